The zero-order valence-corrected chi connectivity index (χ0v) is 12.3. The van der Waals surface area contributed by atoms with Crippen molar-refractivity contribution < 1.29 is 9.84 Å². The zero-order chi connectivity index (χ0) is 14.3. The maximum atomic E-state index is 9.81. The summed E-state index contributed by atoms with van der Waals surface area (Å²) >= 11 is 0. The van der Waals surface area contributed by atoms with Crippen molar-refractivity contribution in [3.63, 3.8) is 0 Å². The van der Waals surface area contributed by atoms with E-state index < -0.39 is 0 Å². The quantitative estimate of drug-likeness (QED) is 0.757. The van der Waals surface area contributed by atoms with Crippen molar-refractivity contribution in [3.05, 3.63) is 11.8 Å². The van der Waals surface area contributed by atoms with E-state index in [9.17, 15) is 5.11 Å². The minimum atomic E-state index is -0.385. The molecule has 0 aliphatic rings. The van der Waals surface area contributed by atoms with Crippen LogP contribution in [0, 0.1) is 12.8 Å². The van der Waals surface area contributed by atoms with E-state index in [2.05, 4.69) is 36.1 Å². The number of nitrogens with zero attached hydrogens (tertiary/aromatic N) is 2. The van der Waals surface area contributed by atoms with Gasteiger partial charge < -0.3 is 15.2 Å². The molecule has 19 heavy (non-hydrogen) atoms. The molecule has 1 aromatic rings. The van der Waals surface area contributed by atoms with Crippen molar-refractivity contribution in [1.29, 1.82) is 0 Å². The van der Waals surface area contributed by atoms with E-state index in [0.717, 1.165) is 18.5 Å². The van der Waals surface area contributed by atoms with Crippen LogP contribution in [-0.4, -0.2) is 34.3 Å². The minimum absolute atomic E-state index is 0.385. The highest BCUT2D eigenvalue weighted by atomic mass is 16.5. The van der Waals surface area contributed by atoms with E-state index in [1.807, 2.05) is 13.0 Å². The van der Waals surface area contributed by atoms with Gasteiger partial charge in [-0.3, -0.25) is 0 Å². The van der Waals surface area contributed by atoms with Gasteiger partial charge in [0.15, 0.2) is 0 Å². The summed E-state index contributed by atoms with van der Waals surface area (Å²) in [5.74, 6) is 1.56. The Bertz CT molecular complexity index is 383. The highest BCUT2D eigenvalue weighted by molar-refractivity contribution is 5.30. The van der Waals surface area contributed by atoms with E-state index in [-0.39, 0.29) is 6.10 Å². The topological polar surface area (TPSA) is 67.3 Å². The maximum absolute atomic E-state index is 9.81. The summed E-state index contributed by atoms with van der Waals surface area (Å²) in [4.78, 5) is 8.55. The molecule has 0 aromatic carbocycles. The largest absolute Gasteiger partial charge is 0.478 e. The maximum Gasteiger partial charge on any atom is 0.226 e. The second-order valence-electron chi connectivity index (χ2n) is 5.18. The zero-order valence-electron chi connectivity index (χ0n) is 12.3. The number of aryl methyl sites for hydroxylation is 1. The number of hydrogen-bond donors (Lipinski definition) is 2. The van der Waals surface area contributed by atoms with Crippen LogP contribution in [0.1, 0.15) is 39.3 Å². The Labute approximate surface area is 115 Å². The molecule has 1 rings (SSSR count). The fourth-order valence-electron chi connectivity index (χ4n) is 1.74. The average molecular weight is 267 g/mol. The summed E-state index contributed by atoms with van der Waals surface area (Å²) in [6, 6.07) is 1.81. The summed E-state index contributed by atoms with van der Waals surface area (Å²) in [6.45, 7) is 9.22. The molecule has 0 aliphatic heterocycles. The van der Waals surface area contributed by atoms with Gasteiger partial charge in [0.05, 0.1) is 12.7 Å². The van der Waals surface area contributed by atoms with Crippen LogP contribution in [0.25, 0.3) is 0 Å². The first kappa shape index (κ1) is 15.7. The van der Waals surface area contributed by atoms with Crippen LogP contribution < -0.4 is 10.1 Å². The van der Waals surface area contributed by atoms with E-state index in [0.29, 0.717) is 30.9 Å². The molecule has 5 nitrogen and oxygen atoms in total. The number of aromatic nitrogens is 2. The molecule has 0 saturated heterocycles. The van der Waals surface area contributed by atoms with Crippen LogP contribution in [-0.2, 0) is 0 Å². The fraction of sp³-hybridized carbons (Fsp3) is 0.714. The van der Waals surface area contributed by atoms with Gasteiger partial charge in [-0.2, -0.15) is 4.98 Å². The molecule has 2 N–H and O–H groups in total. The molecule has 108 valence electrons. The molecule has 0 radical (unpaired) electrons. The summed E-state index contributed by atoms with van der Waals surface area (Å²) < 4.78 is 5.49. The first-order valence-corrected chi connectivity index (χ1v) is 6.91. The standard InChI is InChI=1S/C14H25N3O2/c1-5-6-19-13-8-11(4)16-14(17-13)15-9-12(18)7-10(2)3/h8,10,12,18H,5-7,9H2,1-4H3,(H,15,16,17). The predicted molar refractivity (Wildman–Crippen MR) is 76.5 cm³/mol. The SMILES string of the molecule is CCCOc1cc(C)nc(NCC(O)CC(C)C)n1. The molecule has 1 unspecified atom stereocenters. The second kappa shape index (κ2) is 7.94. The van der Waals surface area contributed by atoms with Crippen molar-refractivity contribution in [3.8, 4) is 5.88 Å². The van der Waals surface area contributed by atoms with Crippen molar-refractivity contribution in [2.75, 3.05) is 18.5 Å². The van der Waals surface area contributed by atoms with Crippen molar-refractivity contribution in [2.24, 2.45) is 5.92 Å². The Kier molecular flexibility index (Phi) is 6.56. The van der Waals surface area contributed by atoms with Gasteiger partial charge in [-0.25, -0.2) is 4.98 Å². The van der Waals surface area contributed by atoms with Crippen molar-refractivity contribution >= 4 is 5.95 Å². The van der Waals surface area contributed by atoms with Gasteiger partial charge in [0, 0.05) is 18.3 Å². The van der Waals surface area contributed by atoms with Gasteiger partial charge in [0.25, 0.3) is 0 Å². The van der Waals surface area contributed by atoms with Crippen LogP contribution in [0.2, 0.25) is 0 Å². The normalized spacial score (nSPS) is 12.5. The number of aliphatic hydroxyl groups is 1. The van der Waals surface area contributed by atoms with Crippen LogP contribution in [0.5, 0.6) is 5.88 Å². The number of rotatable bonds is 8. The summed E-state index contributed by atoms with van der Waals surface area (Å²) in [7, 11) is 0. The van der Waals surface area contributed by atoms with Gasteiger partial charge in [-0.1, -0.05) is 20.8 Å². The summed E-state index contributed by atoms with van der Waals surface area (Å²) in [6.07, 6.45) is 1.32. The molecular formula is C14H25N3O2. The number of hydrogen-bond acceptors (Lipinski definition) is 5. The number of nitrogens with one attached hydrogen (secondary N) is 1. The molecule has 1 aromatic heterocycles. The van der Waals surface area contributed by atoms with Gasteiger partial charge in [-0.15, -0.1) is 0 Å². The lowest BCUT2D eigenvalue weighted by Gasteiger charge is -2.14. The second-order valence-corrected chi connectivity index (χ2v) is 5.18. The Balaban J connectivity index is 2.55. The van der Waals surface area contributed by atoms with Crippen LogP contribution in [0.3, 0.4) is 0 Å². The third kappa shape index (κ3) is 6.38. The summed E-state index contributed by atoms with van der Waals surface area (Å²) in [5, 5.41) is 12.9. The molecule has 0 saturated carbocycles. The highest BCUT2D eigenvalue weighted by Gasteiger charge is 2.08. The fourth-order valence-corrected chi connectivity index (χ4v) is 1.74. The van der Waals surface area contributed by atoms with Crippen molar-refractivity contribution in [1.82, 2.24) is 9.97 Å². The smallest absolute Gasteiger partial charge is 0.226 e. The lowest BCUT2D eigenvalue weighted by molar-refractivity contribution is 0.161. The highest BCUT2D eigenvalue weighted by Crippen LogP contribution is 2.13. The number of ether oxygens (including phenoxy) is 1. The van der Waals surface area contributed by atoms with Gasteiger partial charge in [-0.05, 0) is 25.7 Å². The Hall–Kier alpha value is -1.36. The summed E-state index contributed by atoms with van der Waals surface area (Å²) in [5.41, 5.74) is 0.849. The van der Waals surface area contributed by atoms with E-state index in [1.165, 1.54) is 0 Å². The van der Waals surface area contributed by atoms with Gasteiger partial charge in [0.1, 0.15) is 0 Å². The predicted octanol–water partition coefficient (Wildman–Crippen LogP) is 2.39. The first-order chi connectivity index (χ1) is 9.01. The Morgan fingerprint density at radius 2 is 2.11 bits per heavy atom. The lowest BCUT2D eigenvalue weighted by atomic mass is 10.1. The number of aliphatic hydroxyl groups excluding tert-OH is 1. The molecule has 0 fully saturated rings. The molecule has 0 amide bonds. The van der Waals surface area contributed by atoms with E-state index in [4.69, 9.17) is 4.74 Å². The van der Waals surface area contributed by atoms with Crippen molar-refractivity contribution in [2.45, 2.75) is 46.6 Å². The molecule has 1 atom stereocenters. The van der Waals surface area contributed by atoms with Crippen LogP contribution in [0.15, 0.2) is 6.07 Å². The third-order valence-corrected chi connectivity index (χ3v) is 2.52. The Morgan fingerprint density at radius 3 is 2.74 bits per heavy atom. The van der Waals surface area contributed by atoms with Crippen LogP contribution in [0.4, 0.5) is 5.95 Å². The third-order valence-electron chi connectivity index (χ3n) is 2.52. The molecule has 0 spiro atoms. The molecule has 1 heterocycles. The average Bonchev–Trinajstić information content (AvgIpc) is 2.32. The monoisotopic (exact) mass is 267 g/mol. The van der Waals surface area contributed by atoms with E-state index in [1.54, 1.807) is 0 Å². The van der Waals surface area contributed by atoms with Gasteiger partial charge in [0.2, 0.25) is 11.8 Å². The first-order valence-electron chi connectivity index (χ1n) is 6.91. The molecule has 5 heteroatoms. The Morgan fingerprint density at radius 1 is 1.37 bits per heavy atom. The van der Waals surface area contributed by atoms with Gasteiger partial charge >= 0.3 is 0 Å². The molecule has 0 bridgehead atoms. The molecular weight excluding hydrogens is 242 g/mol. The minimum Gasteiger partial charge on any atom is -0.478 e. The lowest BCUT2D eigenvalue weighted by Crippen LogP contribution is -2.22. The van der Waals surface area contributed by atoms with E-state index >= 15 is 0 Å². The molecule has 0 aliphatic carbocycles. The van der Waals surface area contributed by atoms with Crippen LogP contribution >= 0.6 is 0 Å². The number of anilines is 1.